The molecule has 0 aromatic heterocycles. The van der Waals surface area contributed by atoms with Gasteiger partial charge in [-0.25, -0.2) is 17.5 Å². The van der Waals surface area contributed by atoms with Gasteiger partial charge in [0.15, 0.2) is 0 Å². The lowest BCUT2D eigenvalue weighted by Gasteiger charge is -2.17. The summed E-state index contributed by atoms with van der Waals surface area (Å²) < 4.78 is 40.3. The van der Waals surface area contributed by atoms with Gasteiger partial charge in [0.25, 0.3) is 0 Å². The molecule has 106 valence electrons. The van der Waals surface area contributed by atoms with Crippen molar-refractivity contribution in [3.05, 3.63) is 24.0 Å². The molecule has 19 heavy (non-hydrogen) atoms. The molecular formula is C13H19FN2O2S. The number of nitrogens with two attached hydrogens (primary N) is 1. The predicted molar refractivity (Wildman–Crippen MR) is 72.6 cm³/mol. The topological polar surface area (TPSA) is 72.2 Å². The molecule has 4 nitrogen and oxygen atoms in total. The molecule has 1 aromatic rings. The number of nitrogen functional groups attached to an aromatic ring is 1. The van der Waals surface area contributed by atoms with Crippen molar-refractivity contribution in [2.45, 2.75) is 49.5 Å². The van der Waals surface area contributed by atoms with Gasteiger partial charge in [-0.15, -0.1) is 0 Å². The minimum Gasteiger partial charge on any atom is -0.398 e. The van der Waals surface area contributed by atoms with Crippen LogP contribution in [0, 0.1) is 5.82 Å². The van der Waals surface area contributed by atoms with E-state index in [1.54, 1.807) is 0 Å². The molecule has 0 bridgehead atoms. The molecule has 2 rings (SSSR count). The van der Waals surface area contributed by atoms with E-state index >= 15 is 0 Å². The molecule has 0 heterocycles. The maximum Gasteiger partial charge on any atom is 0.242 e. The third-order valence-corrected chi connectivity index (χ3v) is 5.02. The van der Waals surface area contributed by atoms with E-state index < -0.39 is 15.8 Å². The van der Waals surface area contributed by atoms with Crippen molar-refractivity contribution in [2.24, 2.45) is 0 Å². The summed E-state index contributed by atoms with van der Waals surface area (Å²) in [5.74, 6) is -0.601. The number of anilines is 1. The van der Waals surface area contributed by atoms with Crippen LogP contribution in [0.4, 0.5) is 10.1 Å². The van der Waals surface area contributed by atoms with Crippen LogP contribution in [0.5, 0.6) is 0 Å². The van der Waals surface area contributed by atoms with Crippen LogP contribution in [0.2, 0.25) is 0 Å². The largest absolute Gasteiger partial charge is 0.398 e. The molecule has 1 aliphatic rings. The molecule has 0 radical (unpaired) electrons. The number of hydrogen-bond acceptors (Lipinski definition) is 3. The highest BCUT2D eigenvalue weighted by Crippen LogP contribution is 2.22. The first-order chi connectivity index (χ1) is 8.99. The summed E-state index contributed by atoms with van der Waals surface area (Å²) in [6.45, 7) is 0. The van der Waals surface area contributed by atoms with E-state index in [0.717, 1.165) is 50.7 Å². The van der Waals surface area contributed by atoms with Gasteiger partial charge in [-0.05, 0) is 31.0 Å². The number of rotatable bonds is 3. The molecule has 1 fully saturated rings. The normalized spacial score (nSPS) is 18.2. The van der Waals surface area contributed by atoms with Crippen LogP contribution in [0.3, 0.4) is 0 Å². The fourth-order valence-corrected chi connectivity index (χ4v) is 3.87. The molecule has 3 N–H and O–H groups in total. The Morgan fingerprint density at radius 3 is 2.42 bits per heavy atom. The van der Waals surface area contributed by atoms with Crippen LogP contribution in [-0.4, -0.2) is 14.5 Å². The molecule has 0 saturated heterocycles. The van der Waals surface area contributed by atoms with Crippen molar-refractivity contribution in [3.63, 3.8) is 0 Å². The molecule has 0 spiro atoms. The molecule has 0 amide bonds. The Balaban J connectivity index is 2.19. The zero-order chi connectivity index (χ0) is 13.9. The van der Waals surface area contributed by atoms with Gasteiger partial charge in [-0.2, -0.15) is 0 Å². The van der Waals surface area contributed by atoms with E-state index in [1.807, 2.05) is 0 Å². The number of halogens is 1. The van der Waals surface area contributed by atoms with Crippen molar-refractivity contribution in [1.82, 2.24) is 4.72 Å². The lowest BCUT2D eigenvalue weighted by molar-refractivity contribution is 0.509. The highest BCUT2D eigenvalue weighted by atomic mass is 32.2. The first-order valence-electron chi connectivity index (χ1n) is 6.56. The number of nitrogens with one attached hydrogen (secondary N) is 1. The van der Waals surface area contributed by atoms with Crippen LogP contribution in [0.1, 0.15) is 38.5 Å². The van der Waals surface area contributed by atoms with Crippen molar-refractivity contribution >= 4 is 15.7 Å². The molecule has 0 unspecified atom stereocenters. The van der Waals surface area contributed by atoms with Crippen LogP contribution in [0.15, 0.2) is 23.1 Å². The Kier molecular flexibility index (Phi) is 4.42. The number of hydrogen-bond donors (Lipinski definition) is 2. The average molecular weight is 286 g/mol. The van der Waals surface area contributed by atoms with E-state index in [4.69, 9.17) is 5.73 Å². The second kappa shape index (κ2) is 5.88. The average Bonchev–Trinajstić information content (AvgIpc) is 2.60. The van der Waals surface area contributed by atoms with Gasteiger partial charge >= 0.3 is 0 Å². The lowest BCUT2D eigenvalue weighted by Crippen LogP contribution is -2.34. The van der Waals surface area contributed by atoms with Crippen LogP contribution < -0.4 is 10.5 Å². The van der Waals surface area contributed by atoms with Gasteiger partial charge in [0, 0.05) is 6.04 Å². The Hall–Kier alpha value is -1.14. The van der Waals surface area contributed by atoms with E-state index in [1.165, 1.54) is 6.07 Å². The van der Waals surface area contributed by atoms with Gasteiger partial charge < -0.3 is 5.73 Å². The van der Waals surface area contributed by atoms with E-state index in [9.17, 15) is 12.8 Å². The summed E-state index contributed by atoms with van der Waals surface area (Å²) in [6, 6.07) is 3.32. The molecular weight excluding hydrogens is 267 g/mol. The third kappa shape index (κ3) is 3.67. The smallest absolute Gasteiger partial charge is 0.242 e. The lowest BCUT2D eigenvalue weighted by atomic mass is 10.1. The summed E-state index contributed by atoms with van der Waals surface area (Å²) in [7, 11) is -3.74. The maximum atomic E-state index is 13.2. The Labute approximate surface area is 113 Å². The standard InChI is InChI=1S/C13H19FN2O2S/c14-10-7-8-12(15)13(9-10)19(17,18)16-11-5-3-1-2-4-6-11/h7-9,11,16H,1-6,15H2. The van der Waals surface area contributed by atoms with Crippen LogP contribution in [-0.2, 0) is 10.0 Å². The predicted octanol–water partition coefficient (Wildman–Crippen LogP) is 2.41. The maximum absolute atomic E-state index is 13.2. The summed E-state index contributed by atoms with van der Waals surface area (Å²) in [5.41, 5.74) is 5.70. The molecule has 1 aliphatic carbocycles. The van der Waals surface area contributed by atoms with E-state index in [2.05, 4.69) is 4.72 Å². The summed E-state index contributed by atoms with van der Waals surface area (Å²) in [6.07, 6.45) is 5.97. The SMILES string of the molecule is Nc1ccc(F)cc1S(=O)(=O)NC1CCCCCC1. The highest BCUT2D eigenvalue weighted by Gasteiger charge is 2.23. The van der Waals surface area contributed by atoms with Crippen LogP contribution in [0.25, 0.3) is 0 Å². The Morgan fingerprint density at radius 1 is 1.16 bits per heavy atom. The fourth-order valence-electron chi connectivity index (χ4n) is 2.42. The van der Waals surface area contributed by atoms with Gasteiger partial charge in [-0.1, -0.05) is 25.7 Å². The molecule has 6 heteroatoms. The summed E-state index contributed by atoms with van der Waals surface area (Å²) in [5, 5.41) is 0. The van der Waals surface area contributed by atoms with Gasteiger partial charge in [0.05, 0.1) is 5.69 Å². The summed E-state index contributed by atoms with van der Waals surface area (Å²) >= 11 is 0. The monoisotopic (exact) mass is 286 g/mol. The number of benzene rings is 1. The summed E-state index contributed by atoms with van der Waals surface area (Å²) in [4.78, 5) is -0.170. The third-order valence-electron chi connectivity index (χ3n) is 3.44. The molecule has 0 aliphatic heterocycles. The second-order valence-electron chi connectivity index (χ2n) is 4.99. The minimum absolute atomic E-state index is 0.0718. The molecule has 0 atom stereocenters. The van der Waals surface area contributed by atoms with E-state index in [-0.39, 0.29) is 16.6 Å². The quantitative estimate of drug-likeness (QED) is 0.662. The Morgan fingerprint density at radius 2 is 1.79 bits per heavy atom. The molecule has 1 aromatic carbocycles. The van der Waals surface area contributed by atoms with Crippen LogP contribution >= 0.6 is 0 Å². The van der Waals surface area contributed by atoms with Crippen molar-refractivity contribution in [3.8, 4) is 0 Å². The van der Waals surface area contributed by atoms with Gasteiger partial charge in [0.1, 0.15) is 10.7 Å². The molecule has 1 saturated carbocycles. The van der Waals surface area contributed by atoms with E-state index in [0.29, 0.717) is 0 Å². The zero-order valence-electron chi connectivity index (χ0n) is 10.7. The van der Waals surface area contributed by atoms with Gasteiger partial charge in [-0.3, -0.25) is 0 Å². The first-order valence-corrected chi connectivity index (χ1v) is 8.05. The highest BCUT2D eigenvalue weighted by molar-refractivity contribution is 7.89. The van der Waals surface area contributed by atoms with Crippen molar-refractivity contribution in [1.29, 1.82) is 0 Å². The van der Waals surface area contributed by atoms with Crippen molar-refractivity contribution in [2.75, 3.05) is 5.73 Å². The minimum atomic E-state index is -3.74. The zero-order valence-corrected chi connectivity index (χ0v) is 11.5. The second-order valence-corrected chi connectivity index (χ2v) is 6.67. The van der Waals surface area contributed by atoms with Crippen molar-refractivity contribution < 1.29 is 12.8 Å². The van der Waals surface area contributed by atoms with Gasteiger partial charge in [0.2, 0.25) is 10.0 Å². The fraction of sp³-hybridized carbons (Fsp3) is 0.538. The first kappa shape index (κ1) is 14.3. The Bertz CT molecular complexity index is 538. The number of sulfonamides is 1.